The van der Waals surface area contributed by atoms with Gasteiger partial charge in [-0.05, 0) is 44.0 Å². The number of amides is 3. The van der Waals surface area contributed by atoms with Crippen molar-refractivity contribution in [2.45, 2.75) is 69.4 Å². The molecule has 0 aromatic heterocycles. The summed E-state index contributed by atoms with van der Waals surface area (Å²) in [4.78, 5) is 43.5. The monoisotopic (exact) mass is 563 g/mol. The molecule has 2 bridgehead atoms. The molecule has 3 heterocycles. The molecule has 2 aromatic carbocycles. The molecule has 1 saturated carbocycles. The summed E-state index contributed by atoms with van der Waals surface area (Å²) in [7, 11) is 0. The molecule has 2 aromatic rings. The molecule has 2 N–H and O–H groups in total. The van der Waals surface area contributed by atoms with Crippen LogP contribution >= 0.6 is 11.6 Å². The maximum atomic E-state index is 14.3. The summed E-state index contributed by atoms with van der Waals surface area (Å²) in [6, 6.07) is 13.6. The lowest BCUT2D eigenvalue weighted by atomic mass is 9.74. The van der Waals surface area contributed by atoms with E-state index in [9.17, 15) is 14.4 Å². The Morgan fingerprint density at radius 2 is 1.90 bits per heavy atom. The average Bonchev–Trinajstić information content (AvgIpc) is 3.58. The van der Waals surface area contributed by atoms with Crippen molar-refractivity contribution in [2.75, 3.05) is 11.9 Å². The zero-order valence-corrected chi connectivity index (χ0v) is 23.2. The van der Waals surface area contributed by atoms with Gasteiger partial charge in [0.15, 0.2) is 0 Å². The standard InChI is InChI=1S/C31H34ClN3O5/c1-2-39-23-14-7-6-9-19(23)18-35-27(29(37)33-21-11-4-3-5-12-21)31-16-15-24(40-31)25(26(31)30(35)38)28(36)34-22-13-8-10-20(32)17-22/h6-10,13-17,21,24-27H,2-5,11-12,18H2,1H3,(H,33,37)(H,34,36)/t24-,25+,26-,27-,31-/m0/s1. The van der Waals surface area contributed by atoms with Crippen LogP contribution in [0.5, 0.6) is 5.75 Å². The van der Waals surface area contributed by atoms with Gasteiger partial charge in [-0.25, -0.2) is 0 Å². The molecule has 6 rings (SSSR count). The topological polar surface area (TPSA) is 97.0 Å². The minimum Gasteiger partial charge on any atom is -0.494 e. The van der Waals surface area contributed by atoms with E-state index in [2.05, 4.69) is 10.6 Å². The number of anilines is 1. The summed E-state index contributed by atoms with van der Waals surface area (Å²) in [5.74, 6) is -1.79. The molecule has 4 aliphatic rings. The highest BCUT2D eigenvalue weighted by Crippen LogP contribution is 2.55. The van der Waals surface area contributed by atoms with E-state index < -0.39 is 29.6 Å². The second kappa shape index (κ2) is 10.9. The van der Waals surface area contributed by atoms with Crippen molar-refractivity contribution < 1.29 is 23.9 Å². The van der Waals surface area contributed by atoms with Gasteiger partial charge in [-0.1, -0.05) is 67.3 Å². The van der Waals surface area contributed by atoms with Crippen LogP contribution in [0.2, 0.25) is 5.02 Å². The first kappa shape index (κ1) is 26.8. The maximum absolute atomic E-state index is 14.3. The van der Waals surface area contributed by atoms with E-state index in [1.165, 1.54) is 0 Å². The Bertz CT molecular complexity index is 1340. The fourth-order valence-electron chi connectivity index (χ4n) is 6.87. The van der Waals surface area contributed by atoms with Gasteiger partial charge in [-0.3, -0.25) is 14.4 Å². The third-order valence-corrected chi connectivity index (χ3v) is 8.82. The second-order valence-corrected chi connectivity index (χ2v) is 11.5. The highest BCUT2D eigenvalue weighted by molar-refractivity contribution is 6.30. The van der Waals surface area contributed by atoms with Crippen molar-refractivity contribution in [1.82, 2.24) is 10.2 Å². The van der Waals surface area contributed by atoms with Crippen LogP contribution in [0.15, 0.2) is 60.7 Å². The maximum Gasteiger partial charge on any atom is 0.246 e. The number of hydrogen-bond acceptors (Lipinski definition) is 5. The Hall–Kier alpha value is -3.36. The van der Waals surface area contributed by atoms with Gasteiger partial charge in [0.2, 0.25) is 17.7 Å². The summed E-state index contributed by atoms with van der Waals surface area (Å²) >= 11 is 6.12. The van der Waals surface area contributed by atoms with Crippen LogP contribution < -0.4 is 15.4 Å². The smallest absolute Gasteiger partial charge is 0.246 e. The molecule has 0 unspecified atom stereocenters. The molecular formula is C31H34ClN3O5. The summed E-state index contributed by atoms with van der Waals surface area (Å²) in [5, 5.41) is 6.63. The Balaban J connectivity index is 1.34. The van der Waals surface area contributed by atoms with E-state index >= 15 is 0 Å². The molecule has 3 aliphatic heterocycles. The Morgan fingerprint density at radius 1 is 1.10 bits per heavy atom. The molecule has 1 spiro atoms. The van der Waals surface area contributed by atoms with Crippen molar-refractivity contribution in [3.05, 3.63) is 71.3 Å². The summed E-state index contributed by atoms with van der Waals surface area (Å²) in [6.07, 6.45) is 8.19. The molecule has 2 saturated heterocycles. The molecule has 5 atom stereocenters. The van der Waals surface area contributed by atoms with Crippen molar-refractivity contribution in [2.24, 2.45) is 11.8 Å². The zero-order chi connectivity index (χ0) is 27.9. The van der Waals surface area contributed by atoms with E-state index in [0.717, 1.165) is 37.7 Å². The molecule has 3 fully saturated rings. The van der Waals surface area contributed by atoms with Crippen molar-refractivity contribution >= 4 is 35.0 Å². The largest absolute Gasteiger partial charge is 0.494 e. The molecular weight excluding hydrogens is 530 g/mol. The minimum absolute atomic E-state index is 0.0638. The van der Waals surface area contributed by atoms with E-state index in [-0.39, 0.29) is 30.3 Å². The number of ether oxygens (including phenoxy) is 2. The lowest BCUT2D eigenvalue weighted by Gasteiger charge is -2.34. The van der Waals surface area contributed by atoms with Crippen LogP contribution in [0.1, 0.15) is 44.6 Å². The third-order valence-electron chi connectivity index (χ3n) is 8.58. The van der Waals surface area contributed by atoms with Gasteiger partial charge in [0.05, 0.1) is 31.1 Å². The number of carbonyl (C=O) groups is 3. The first-order valence-corrected chi connectivity index (χ1v) is 14.5. The summed E-state index contributed by atoms with van der Waals surface area (Å²) < 4.78 is 12.3. The van der Waals surface area contributed by atoms with E-state index in [0.29, 0.717) is 23.1 Å². The molecule has 3 amide bonds. The predicted octanol–water partition coefficient (Wildman–Crippen LogP) is 4.48. The van der Waals surface area contributed by atoms with Crippen LogP contribution in [0, 0.1) is 11.8 Å². The molecule has 9 heteroatoms. The fourth-order valence-corrected chi connectivity index (χ4v) is 7.06. The number of para-hydroxylation sites is 1. The Labute approximate surface area is 239 Å². The number of benzene rings is 2. The van der Waals surface area contributed by atoms with Gasteiger partial charge < -0.3 is 25.0 Å². The highest BCUT2D eigenvalue weighted by atomic mass is 35.5. The van der Waals surface area contributed by atoms with Crippen molar-refractivity contribution in [3.63, 3.8) is 0 Å². The van der Waals surface area contributed by atoms with Crippen LogP contribution in [0.3, 0.4) is 0 Å². The first-order valence-electron chi connectivity index (χ1n) is 14.2. The van der Waals surface area contributed by atoms with Gasteiger partial charge in [0.1, 0.15) is 17.4 Å². The average molecular weight is 564 g/mol. The van der Waals surface area contributed by atoms with E-state index in [1.54, 1.807) is 29.2 Å². The number of fused-ring (bicyclic) bond motifs is 1. The zero-order valence-electron chi connectivity index (χ0n) is 22.5. The number of likely N-dealkylation sites (tertiary alicyclic amines) is 1. The molecule has 40 heavy (non-hydrogen) atoms. The number of halogens is 1. The van der Waals surface area contributed by atoms with Crippen LogP contribution in [0.4, 0.5) is 5.69 Å². The van der Waals surface area contributed by atoms with Crippen molar-refractivity contribution in [1.29, 1.82) is 0 Å². The first-order chi connectivity index (χ1) is 19.4. The van der Waals surface area contributed by atoms with Crippen LogP contribution in [0.25, 0.3) is 0 Å². The molecule has 0 radical (unpaired) electrons. The predicted molar refractivity (Wildman–Crippen MR) is 151 cm³/mol. The van der Waals surface area contributed by atoms with Crippen LogP contribution in [-0.2, 0) is 25.7 Å². The molecule has 8 nitrogen and oxygen atoms in total. The second-order valence-electron chi connectivity index (χ2n) is 11.1. The Morgan fingerprint density at radius 3 is 2.67 bits per heavy atom. The summed E-state index contributed by atoms with van der Waals surface area (Å²) in [5.41, 5.74) is 0.109. The number of rotatable bonds is 8. The van der Waals surface area contributed by atoms with Gasteiger partial charge >= 0.3 is 0 Å². The molecule has 1 aliphatic carbocycles. The van der Waals surface area contributed by atoms with Gasteiger partial charge in [0.25, 0.3) is 0 Å². The lowest BCUT2D eigenvalue weighted by molar-refractivity contribution is -0.142. The minimum atomic E-state index is -1.22. The normalized spacial score (nSPS) is 28.9. The lowest BCUT2D eigenvalue weighted by Crippen LogP contribution is -2.56. The summed E-state index contributed by atoms with van der Waals surface area (Å²) in [6.45, 7) is 2.55. The quantitative estimate of drug-likeness (QED) is 0.462. The van der Waals surface area contributed by atoms with Gasteiger partial charge in [-0.15, -0.1) is 0 Å². The SMILES string of the molecule is CCOc1ccccc1CN1C(=O)[C@@H]2[C@H](C(=O)Nc3cccc(Cl)c3)[C@@H]3C=C[C@@]2(O3)[C@@H]1C(=O)NC1CCCCC1. The number of hydrogen-bond donors (Lipinski definition) is 2. The van der Waals surface area contributed by atoms with Gasteiger partial charge in [0, 0.05) is 22.3 Å². The molecule has 210 valence electrons. The van der Waals surface area contributed by atoms with E-state index in [4.69, 9.17) is 21.1 Å². The van der Waals surface area contributed by atoms with Crippen molar-refractivity contribution in [3.8, 4) is 5.75 Å². The number of nitrogens with zero attached hydrogens (tertiary/aromatic N) is 1. The number of nitrogens with one attached hydrogen (secondary N) is 2. The van der Waals surface area contributed by atoms with Gasteiger partial charge in [-0.2, -0.15) is 0 Å². The fraction of sp³-hybridized carbons (Fsp3) is 0.452. The van der Waals surface area contributed by atoms with Crippen LogP contribution in [-0.4, -0.2) is 53.0 Å². The highest BCUT2D eigenvalue weighted by Gasteiger charge is 2.72. The third kappa shape index (κ3) is 4.67. The van der Waals surface area contributed by atoms with E-state index in [1.807, 2.05) is 43.3 Å². The number of carbonyl (C=O) groups excluding carboxylic acids is 3. The Kier molecular flexibility index (Phi) is 7.31.